The van der Waals surface area contributed by atoms with E-state index in [1.807, 2.05) is 0 Å². The van der Waals surface area contributed by atoms with Gasteiger partial charge in [0, 0.05) is 12.6 Å². The van der Waals surface area contributed by atoms with Crippen molar-refractivity contribution in [3.63, 3.8) is 0 Å². The van der Waals surface area contributed by atoms with Gasteiger partial charge in [0.05, 0.1) is 11.7 Å². The monoisotopic (exact) mass is 327 g/mol. The van der Waals surface area contributed by atoms with Gasteiger partial charge in [0.15, 0.2) is 12.4 Å². The van der Waals surface area contributed by atoms with Gasteiger partial charge in [-0.1, -0.05) is 0 Å². The summed E-state index contributed by atoms with van der Waals surface area (Å²) >= 11 is 0. The van der Waals surface area contributed by atoms with Gasteiger partial charge in [-0.05, 0) is 12.5 Å². The molecule has 2 aliphatic heterocycles. The number of aromatic nitrogens is 1. The van der Waals surface area contributed by atoms with Gasteiger partial charge in [0.2, 0.25) is 6.54 Å². The summed E-state index contributed by atoms with van der Waals surface area (Å²) in [6.45, 7) is 0.280. The van der Waals surface area contributed by atoms with Gasteiger partial charge in [-0.3, -0.25) is 14.1 Å². The number of carbonyl (C=O) groups excluding carboxylic acids is 2. The first-order chi connectivity index (χ1) is 10.3. The van der Waals surface area contributed by atoms with Crippen molar-refractivity contribution in [2.45, 2.75) is 25.0 Å². The van der Waals surface area contributed by atoms with E-state index in [1.54, 1.807) is 29.1 Å². The Bertz CT molecular complexity index is 750. The maximum absolute atomic E-state index is 12.3. The number of hydrogen-bond acceptors (Lipinski definition) is 5. The minimum Gasteiger partial charge on any atom is -0.394 e. The number of rotatable bonds is 3. The molecular formula is C12H15N4O5S+. The van der Waals surface area contributed by atoms with E-state index < -0.39 is 28.3 Å². The first-order valence-electron chi connectivity index (χ1n) is 6.64. The third-order valence-corrected chi connectivity index (χ3v) is 4.85. The third-order valence-electron chi connectivity index (χ3n) is 3.91. The van der Waals surface area contributed by atoms with Gasteiger partial charge >= 0.3 is 10.3 Å². The first-order valence-corrected chi connectivity index (χ1v) is 8.03. The number of pyridine rings is 1. The lowest BCUT2D eigenvalue weighted by molar-refractivity contribution is -0.684. The van der Waals surface area contributed by atoms with Crippen LogP contribution in [-0.2, 0) is 26.4 Å². The minimum atomic E-state index is -4.56. The van der Waals surface area contributed by atoms with Crippen LogP contribution in [0.15, 0.2) is 24.5 Å². The second-order valence-corrected chi connectivity index (χ2v) is 6.60. The van der Waals surface area contributed by atoms with Crippen molar-refractivity contribution < 1.29 is 27.1 Å². The molecule has 3 N–H and O–H groups in total. The molecule has 118 valence electrons. The standard InChI is InChI=1S/C12H14N4O5S/c13-8-2-1-4-14(6-8)7-10(17)15-5-3-9-11(15)12(18)16(9)22(19,20)21/h1-2,4,6,9,11H,3,5,7,13H2/p+1/t9-,11+/m1/s1. The van der Waals surface area contributed by atoms with Gasteiger partial charge in [-0.25, -0.2) is 4.31 Å². The van der Waals surface area contributed by atoms with Crippen molar-refractivity contribution in [3.8, 4) is 0 Å². The molecule has 2 amide bonds. The Labute approximate surface area is 126 Å². The maximum Gasteiger partial charge on any atom is 0.362 e. The zero-order valence-electron chi connectivity index (χ0n) is 11.5. The number of fused-ring (bicyclic) bond motifs is 1. The molecule has 9 nitrogen and oxygen atoms in total. The highest BCUT2D eigenvalue weighted by Gasteiger charge is 2.60. The number of carbonyl (C=O) groups is 2. The van der Waals surface area contributed by atoms with Crippen LogP contribution in [-0.4, -0.2) is 52.6 Å². The molecule has 10 heteroatoms. The number of anilines is 1. The van der Waals surface area contributed by atoms with E-state index in [0.29, 0.717) is 16.4 Å². The molecule has 0 spiro atoms. The summed E-state index contributed by atoms with van der Waals surface area (Å²) in [6, 6.07) is 1.91. The third kappa shape index (κ3) is 2.29. The van der Waals surface area contributed by atoms with Crippen molar-refractivity contribution in [2.24, 2.45) is 0 Å². The molecule has 0 aliphatic carbocycles. The fraction of sp³-hybridized carbons (Fsp3) is 0.417. The molecule has 1 aromatic rings. The number of likely N-dealkylation sites (tertiary alicyclic amines) is 1. The Morgan fingerprint density at radius 3 is 2.86 bits per heavy atom. The highest BCUT2D eigenvalue weighted by atomic mass is 32.2. The van der Waals surface area contributed by atoms with Crippen LogP contribution in [0.25, 0.3) is 0 Å². The van der Waals surface area contributed by atoms with Crippen LogP contribution in [0.4, 0.5) is 5.69 Å². The molecule has 22 heavy (non-hydrogen) atoms. The average molecular weight is 327 g/mol. The van der Waals surface area contributed by atoms with Crippen LogP contribution < -0.4 is 10.3 Å². The van der Waals surface area contributed by atoms with Crippen molar-refractivity contribution in [1.82, 2.24) is 9.21 Å². The van der Waals surface area contributed by atoms with E-state index in [9.17, 15) is 18.0 Å². The summed E-state index contributed by atoms with van der Waals surface area (Å²) < 4.78 is 33.3. The summed E-state index contributed by atoms with van der Waals surface area (Å²) in [6.07, 6.45) is 3.59. The van der Waals surface area contributed by atoms with Gasteiger partial charge in [0.25, 0.3) is 11.8 Å². The molecular weight excluding hydrogens is 312 g/mol. The predicted molar refractivity (Wildman–Crippen MR) is 73.4 cm³/mol. The number of nitrogens with two attached hydrogens (primary N) is 1. The Kier molecular flexibility index (Phi) is 3.29. The molecule has 0 unspecified atom stereocenters. The predicted octanol–water partition coefficient (Wildman–Crippen LogP) is -1.83. The number of nitrogen functional groups attached to an aromatic ring is 1. The van der Waals surface area contributed by atoms with Crippen molar-refractivity contribution in [1.29, 1.82) is 0 Å². The molecule has 1 aromatic heterocycles. The van der Waals surface area contributed by atoms with Gasteiger partial charge in [-0.15, -0.1) is 0 Å². The van der Waals surface area contributed by atoms with Gasteiger partial charge < -0.3 is 10.6 Å². The summed E-state index contributed by atoms with van der Waals surface area (Å²) in [4.78, 5) is 25.5. The number of hydrogen-bond donors (Lipinski definition) is 2. The average Bonchev–Trinajstić information content (AvgIpc) is 2.75. The zero-order chi connectivity index (χ0) is 16.1. The highest BCUT2D eigenvalue weighted by molar-refractivity contribution is 7.84. The van der Waals surface area contributed by atoms with Crippen molar-refractivity contribution in [2.75, 3.05) is 12.3 Å². The quantitative estimate of drug-likeness (QED) is 0.382. The topological polar surface area (TPSA) is 125 Å². The molecule has 2 atom stereocenters. The van der Waals surface area contributed by atoms with Gasteiger partial charge in [0.1, 0.15) is 6.04 Å². The van der Waals surface area contributed by atoms with Crippen LogP contribution >= 0.6 is 0 Å². The summed E-state index contributed by atoms with van der Waals surface area (Å²) in [5.41, 5.74) is 6.14. The maximum atomic E-state index is 12.3. The lowest BCUT2D eigenvalue weighted by Gasteiger charge is -2.42. The minimum absolute atomic E-state index is 0.00736. The van der Waals surface area contributed by atoms with Crippen molar-refractivity contribution >= 4 is 27.8 Å². The summed E-state index contributed by atoms with van der Waals surface area (Å²) in [5.74, 6) is -1.07. The Balaban J connectivity index is 1.73. The number of β-lactam (4-membered cyclic amide) rings is 1. The second kappa shape index (κ2) is 4.92. The lowest BCUT2D eigenvalue weighted by Crippen LogP contribution is -2.68. The molecule has 3 rings (SSSR count). The van der Waals surface area contributed by atoms with Crippen LogP contribution in [0.2, 0.25) is 0 Å². The second-order valence-electron chi connectivity index (χ2n) is 5.31. The number of nitrogens with zero attached hydrogens (tertiary/aromatic N) is 3. The fourth-order valence-corrected chi connectivity index (χ4v) is 3.88. The molecule has 3 heterocycles. The van der Waals surface area contributed by atoms with Gasteiger partial charge in [-0.2, -0.15) is 13.0 Å². The van der Waals surface area contributed by atoms with E-state index >= 15 is 0 Å². The molecule has 0 bridgehead atoms. The Hall–Kier alpha value is -2.20. The Morgan fingerprint density at radius 1 is 1.50 bits per heavy atom. The summed E-state index contributed by atoms with van der Waals surface area (Å²) in [5, 5.41) is 0. The lowest BCUT2D eigenvalue weighted by atomic mass is 10.0. The summed E-state index contributed by atoms with van der Waals surface area (Å²) in [7, 11) is -4.56. The number of amides is 2. The van der Waals surface area contributed by atoms with E-state index in [0.717, 1.165) is 0 Å². The fourth-order valence-electron chi connectivity index (χ4n) is 2.98. The van der Waals surface area contributed by atoms with E-state index in [4.69, 9.17) is 10.3 Å². The SMILES string of the molecule is Nc1ccc[n+](CC(=O)N2CC[C@@H]3[C@H]2C(=O)N3S(=O)(=O)O)c1. The van der Waals surface area contributed by atoms with Crippen LogP contribution in [0, 0.1) is 0 Å². The molecule has 0 saturated carbocycles. The van der Waals surface area contributed by atoms with E-state index in [2.05, 4.69) is 0 Å². The molecule has 0 radical (unpaired) electrons. The Morgan fingerprint density at radius 2 is 2.23 bits per heavy atom. The zero-order valence-corrected chi connectivity index (χ0v) is 12.3. The largest absolute Gasteiger partial charge is 0.394 e. The smallest absolute Gasteiger partial charge is 0.362 e. The van der Waals surface area contributed by atoms with Crippen LogP contribution in [0.3, 0.4) is 0 Å². The molecule has 0 aromatic carbocycles. The van der Waals surface area contributed by atoms with Crippen molar-refractivity contribution in [3.05, 3.63) is 24.5 Å². The van der Waals surface area contributed by atoms with E-state index in [-0.39, 0.29) is 19.0 Å². The molecule has 2 aliphatic rings. The molecule has 2 saturated heterocycles. The molecule has 2 fully saturated rings. The normalized spacial score (nSPS) is 24.1. The van der Waals surface area contributed by atoms with Crippen LogP contribution in [0.5, 0.6) is 0 Å². The van der Waals surface area contributed by atoms with Crippen LogP contribution in [0.1, 0.15) is 6.42 Å². The first kappa shape index (κ1) is 14.7. The van der Waals surface area contributed by atoms with E-state index in [1.165, 1.54) is 4.90 Å². The highest BCUT2D eigenvalue weighted by Crippen LogP contribution is 2.35.